The first-order valence-corrected chi connectivity index (χ1v) is 19.5. The van der Waals surface area contributed by atoms with E-state index in [1.54, 1.807) is 0 Å². The molecule has 2 N–H and O–H groups in total. The molecule has 1 aliphatic carbocycles. The van der Waals surface area contributed by atoms with Crippen molar-refractivity contribution in [1.29, 1.82) is 0 Å². The summed E-state index contributed by atoms with van der Waals surface area (Å²) in [5, 5.41) is 23.7. The van der Waals surface area contributed by atoms with E-state index >= 15 is 0 Å². The van der Waals surface area contributed by atoms with Crippen LogP contribution in [-0.4, -0.2) is 51.8 Å². The van der Waals surface area contributed by atoms with Crippen molar-refractivity contribution in [2.75, 3.05) is 13.2 Å². The van der Waals surface area contributed by atoms with Crippen LogP contribution in [0.3, 0.4) is 0 Å². The first kappa shape index (κ1) is 30.2. The summed E-state index contributed by atoms with van der Waals surface area (Å²) in [6.45, 7) is 21.5. The second-order valence-electron chi connectivity index (χ2n) is 13.5. The molecule has 0 amide bonds. The van der Waals surface area contributed by atoms with Crippen molar-refractivity contribution in [2.45, 2.75) is 109 Å². The molecule has 3 nitrogen and oxygen atoms in total. The lowest BCUT2D eigenvalue weighted by Gasteiger charge is -2.57. The van der Waals surface area contributed by atoms with Gasteiger partial charge in [-0.2, -0.15) is 0 Å². The lowest BCUT2D eigenvalue weighted by atomic mass is 9.53. The van der Waals surface area contributed by atoms with Gasteiger partial charge in [0.25, 0.3) is 0 Å². The van der Waals surface area contributed by atoms with Gasteiger partial charge in [0.1, 0.15) is 8.07 Å². The molecule has 1 aromatic rings. The Hall–Kier alpha value is -1.35. The van der Waals surface area contributed by atoms with Crippen molar-refractivity contribution in [1.82, 2.24) is 0 Å². The maximum absolute atomic E-state index is 11.6. The van der Waals surface area contributed by atoms with Crippen molar-refractivity contribution in [3.05, 3.63) is 30.3 Å². The monoisotopic (exact) mass is 538 g/mol. The lowest BCUT2D eigenvalue weighted by molar-refractivity contribution is -0.0967. The third kappa shape index (κ3) is 4.81. The van der Waals surface area contributed by atoms with Crippen molar-refractivity contribution < 1.29 is 14.9 Å². The third-order valence-corrected chi connectivity index (χ3v) is 21.3. The summed E-state index contributed by atoms with van der Waals surface area (Å²) in [5.41, 5.74) is 4.56. The number of terminal acetylenes is 1. The van der Waals surface area contributed by atoms with Gasteiger partial charge in [-0.05, 0) is 34.0 Å². The van der Waals surface area contributed by atoms with Crippen LogP contribution < -0.4 is 5.19 Å². The number of ether oxygens (including phenoxy) is 1. The highest BCUT2D eigenvalue weighted by Crippen LogP contribution is 2.64. The van der Waals surface area contributed by atoms with Crippen molar-refractivity contribution >= 4 is 21.3 Å². The number of fused-ring (bicyclic) bond motifs is 1. The van der Waals surface area contributed by atoms with Crippen LogP contribution >= 0.6 is 0 Å². The molecule has 204 valence electrons. The minimum atomic E-state index is -2.02. The van der Waals surface area contributed by atoms with Crippen LogP contribution in [0.2, 0.25) is 35.3 Å². The molecule has 2 fully saturated rings. The highest BCUT2D eigenvalue weighted by molar-refractivity contribution is 6.91. The van der Waals surface area contributed by atoms with E-state index in [2.05, 4.69) is 109 Å². The summed E-state index contributed by atoms with van der Waals surface area (Å²) in [6.07, 6.45) is 6.38. The fourth-order valence-electron chi connectivity index (χ4n) is 8.58. The Morgan fingerprint density at radius 1 is 1.05 bits per heavy atom. The number of hydrogen-bond acceptors (Lipinski definition) is 3. The molecule has 1 saturated carbocycles. The Morgan fingerprint density at radius 3 is 2.11 bits per heavy atom. The average molecular weight is 539 g/mol. The summed E-state index contributed by atoms with van der Waals surface area (Å²) in [7, 11) is -3.89. The molecular weight excluding hydrogens is 489 g/mol. The quantitative estimate of drug-likeness (QED) is 0.332. The molecule has 2 aliphatic rings. The van der Waals surface area contributed by atoms with E-state index in [1.165, 1.54) is 5.19 Å². The molecule has 37 heavy (non-hydrogen) atoms. The van der Waals surface area contributed by atoms with E-state index in [0.717, 1.165) is 0 Å². The first-order valence-electron chi connectivity index (χ1n) is 14.2. The van der Waals surface area contributed by atoms with Gasteiger partial charge in [-0.25, -0.2) is 0 Å². The minimum Gasteiger partial charge on any atom is -0.395 e. The largest absolute Gasteiger partial charge is 0.395 e. The summed E-state index contributed by atoms with van der Waals surface area (Å²) >= 11 is 0. The fourth-order valence-corrected chi connectivity index (χ4v) is 18.0. The van der Waals surface area contributed by atoms with Gasteiger partial charge in [-0.15, -0.1) is 17.9 Å². The predicted octanol–water partition coefficient (Wildman–Crippen LogP) is 5.98. The summed E-state index contributed by atoms with van der Waals surface area (Å²) in [6, 6.07) is 10.8. The van der Waals surface area contributed by atoms with Gasteiger partial charge < -0.3 is 14.9 Å². The minimum absolute atomic E-state index is 0.151. The molecule has 5 heteroatoms. The molecule has 0 aromatic heterocycles. The zero-order chi connectivity index (χ0) is 27.8. The second kappa shape index (κ2) is 11.0. The Bertz CT molecular complexity index is 1010. The molecule has 1 aromatic carbocycles. The number of aliphatic hydroxyl groups excluding tert-OH is 2. The van der Waals surface area contributed by atoms with E-state index in [0.29, 0.717) is 36.1 Å². The van der Waals surface area contributed by atoms with Crippen LogP contribution in [0.1, 0.15) is 61.3 Å². The fraction of sp³-hybridized carbons (Fsp3) is 0.688. The van der Waals surface area contributed by atoms with Gasteiger partial charge >= 0.3 is 0 Å². The maximum atomic E-state index is 11.6. The SMILES string of the molecule is C#C[C@@]1(CO)C(O)C[C@@H]([Si](C)(C)c2ccccc2)[C@@]2(C)CO[C@@H](CC#C[Si](C(C)C)(C(C)C)C(C)C)[C@@H]21. The normalized spacial score (nSPS) is 32.2. The van der Waals surface area contributed by atoms with Crippen molar-refractivity contribution in [2.24, 2.45) is 16.7 Å². The highest BCUT2D eigenvalue weighted by Gasteiger charge is 2.67. The highest BCUT2D eigenvalue weighted by atomic mass is 28.3. The maximum Gasteiger partial charge on any atom is 0.145 e. The van der Waals surface area contributed by atoms with Gasteiger partial charge in [0.05, 0.1) is 38.9 Å². The molecule has 1 saturated heterocycles. The molecule has 1 aliphatic heterocycles. The van der Waals surface area contributed by atoms with Crippen molar-refractivity contribution in [3.8, 4) is 23.8 Å². The Morgan fingerprint density at radius 2 is 1.62 bits per heavy atom. The molecule has 3 rings (SSSR count). The van der Waals surface area contributed by atoms with Gasteiger partial charge in [-0.1, -0.05) is 103 Å². The lowest BCUT2D eigenvalue weighted by Crippen LogP contribution is -2.63. The van der Waals surface area contributed by atoms with Crippen LogP contribution in [0.15, 0.2) is 30.3 Å². The Balaban J connectivity index is 2.06. The topological polar surface area (TPSA) is 49.7 Å². The number of rotatable bonds is 7. The van der Waals surface area contributed by atoms with E-state index in [4.69, 9.17) is 11.2 Å². The van der Waals surface area contributed by atoms with Gasteiger partial charge in [0, 0.05) is 12.3 Å². The van der Waals surface area contributed by atoms with Gasteiger partial charge in [-0.3, -0.25) is 0 Å². The molecule has 1 unspecified atom stereocenters. The van der Waals surface area contributed by atoms with Crippen LogP contribution in [0.4, 0.5) is 0 Å². The van der Waals surface area contributed by atoms with Crippen LogP contribution in [0.5, 0.6) is 0 Å². The van der Waals surface area contributed by atoms with E-state index in [9.17, 15) is 10.2 Å². The summed E-state index contributed by atoms with van der Waals surface area (Å²) in [4.78, 5) is 0. The zero-order valence-corrected chi connectivity index (χ0v) is 26.6. The van der Waals surface area contributed by atoms with Gasteiger partial charge in [0.2, 0.25) is 0 Å². The van der Waals surface area contributed by atoms with Crippen LogP contribution in [0, 0.1) is 40.6 Å². The predicted molar refractivity (Wildman–Crippen MR) is 161 cm³/mol. The van der Waals surface area contributed by atoms with Crippen molar-refractivity contribution in [3.63, 3.8) is 0 Å². The molecule has 0 radical (unpaired) electrons. The number of benzene rings is 1. The third-order valence-electron chi connectivity index (χ3n) is 10.5. The standard InChI is InChI=1S/C32H50O3Si2/c1-11-32(21-33)28(34)20-29(36(9,10)26-16-13-12-14-17-26)31(8)22-35-27(30(31)32)18-15-19-37(23(2)3,24(4)5)25(6)7/h1,12-14,16-17,23-25,27-30,33-34H,18,20-22H2,2-10H3/t27-,28?,29+,30-,31+,32+/m0/s1. The van der Waals surface area contributed by atoms with Crippen LogP contribution in [-0.2, 0) is 4.74 Å². The second-order valence-corrected chi connectivity index (χ2v) is 23.8. The van der Waals surface area contributed by atoms with E-state index in [-0.39, 0.29) is 29.6 Å². The number of aliphatic hydroxyl groups is 2. The first-order chi connectivity index (χ1) is 17.3. The Labute approximate surface area is 228 Å². The molecule has 1 heterocycles. The van der Waals surface area contributed by atoms with Gasteiger partial charge in [0.15, 0.2) is 0 Å². The Kier molecular flexibility index (Phi) is 9.00. The van der Waals surface area contributed by atoms with Crippen LogP contribution in [0.25, 0.3) is 0 Å². The van der Waals surface area contributed by atoms with E-state index in [1.807, 2.05) is 0 Å². The zero-order valence-electron chi connectivity index (χ0n) is 24.6. The summed E-state index contributed by atoms with van der Waals surface area (Å²) < 4.78 is 6.59. The molecular formula is C32H50O3Si2. The smallest absolute Gasteiger partial charge is 0.145 e. The summed E-state index contributed by atoms with van der Waals surface area (Å²) in [5.74, 6) is 6.38. The van der Waals surface area contributed by atoms with E-state index < -0.39 is 27.7 Å². The average Bonchev–Trinajstić information content (AvgIpc) is 3.19. The molecule has 0 bridgehead atoms. The molecule has 6 atom stereocenters. The number of hydrogen-bond donors (Lipinski definition) is 2. The molecule has 0 spiro atoms.